The number of thiophene rings is 1. The molecule has 0 amide bonds. The molecule has 0 radical (unpaired) electrons. The molecular formula is C11H4F4N2O2S2. The largest absolute Gasteiger partial charge is 0.273 e. The number of hydrogen-bond acceptors (Lipinski definition) is 4. The summed E-state index contributed by atoms with van der Waals surface area (Å²) in [4.78, 5) is 0.0433. The van der Waals surface area contributed by atoms with Crippen molar-refractivity contribution in [3.63, 3.8) is 0 Å². The third-order valence-corrected chi connectivity index (χ3v) is 5.14. The van der Waals surface area contributed by atoms with Gasteiger partial charge in [0.1, 0.15) is 20.8 Å². The van der Waals surface area contributed by atoms with Gasteiger partial charge < -0.3 is 0 Å². The molecule has 0 unspecified atom stereocenters. The summed E-state index contributed by atoms with van der Waals surface area (Å²) in [6.07, 6.45) is 0. The van der Waals surface area contributed by atoms with Crippen molar-refractivity contribution in [1.82, 2.24) is 0 Å². The first-order chi connectivity index (χ1) is 9.76. The molecule has 0 fully saturated rings. The SMILES string of the molecule is N#Cc1ccc(S(=O)(=O)Nc2c(F)c(F)cc(F)c2F)s1. The highest BCUT2D eigenvalue weighted by Crippen LogP contribution is 2.28. The van der Waals surface area contributed by atoms with Crippen molar-refractivity contribution >= 4 is 27.0 Å². The van der Waals surface area contributed by atoms with E-state index in [4.69, 9.17) is 5.26 Å². The van der Waals surface area contributed by atoms with E-state index in [-0.39, 0.29) is 10.9 Å². The second-order valence-corrected chi connectivity index (χ2v) is 6.67. The number of halogens is 4. The van der Waals surface area contributed by atoms with Crippen LogP contribution in [0.5, 0.6) is 0 Å². The fourth-order valence-corrected chi connectivity index (χ4v) is 3.54. The third kappa shape index (κ3) is 2.84. The summed E-state index contributed by atoms with van der Waals surface area (Å²) < 4.78 is 77.5. The van der Waals surface area contributed by atoms with Crippen LogP contribution in [0.25, 0.3) is 0 Å². The van der Waals surface area contributed by atoms with Crippen molar-refractivity contribution in [3.8, 4) is 6.07 Å². The normalized spacial score (nSPS) is 11.2. The lowest BCUT2D eigenvalue weighted by Gasteiger charge is -2.09. The van der Waals surface area contributed by atoms with Gasteiger partial charge in [-0.05, 0) is 12.1 Å². The molecule has 1 heterocycles. The van der Waals surface area contributed by atoms with Gasteiger partial charge in [-0.3, -0.25) is 4.72 Å². The number of nitrogens with zero attached hydrogens (tertiary/aromatic N) is 1. The topological polar surface area (TPSA) is 70.0 Å². The minimum atomic E-state index is -4.48. The van der Waals surface area contributed by atoms with E-state index in [2.05, 4.69) is 0 Å². The lowest BCUT2D eigenvalue weighted by atomic mass is 10.3. The smallest absolute Gasteiger partial charge is 0.271 e. The Balaban J connectivity index is 2.49. The highest BCUT2D eigenvalue weighted by molar-refractivity contribution is 7.94. The molecule has 0 bridgehead atoms. The molecular weight excluding hydrogens is 332 g/mol. The van der Waals surface area contributed by atoms with Crippen molar-refractivity contribution in [3.05, 3.63) is 46.3 Å². The second kappa shape index (κ2) is 5.34. The summed E-state index contributed by atoms with van der Waals surface area (Å²) in [5.74, 6) is -7.21. The molecule has 2 rings (SSSR count). The van der Waals surface area contributed by atoms with Crippen LogP contribution in [0.15, 0.2) is 22.4 Å². The van der Waals surface area contributed by atoms with Gasteiger partial charge in [-0.25, -0.2) is 26.0 Å². The molecule has 2 aromatic rings. The van der Waals surface area contributed by atoms with Crippen molar-refractivity contribution in [2.75, 3.05) is 4.72 Å². The Morgan fingerprint density at radius 3 is 2.14 bits per heavy atom. The van der Waals surface area contributed by atoms with Crippen LogP contribution in [-0.4, -0.2) is 8.42 Å². The number of anilines is 1. The highest BCUT2D eigenvalue weighted by Gasteiger charge is 2.25. The van der Waals surface area contributed by atoms with Crippen molar-refractivity contribution < 1.29 is 26.0 Å². The Labute approximate surface area is 120 Å². The Bertz CT molecular complexity index is 830. The van der Waals surface area contributed by atoms with Crippen molar-refractivity contribution in [2.24, 2.45) is 0 Å². The van der Waals surface area contributed by atoms with Crippen LogP contribution >= 0.6 is 11.3 Å². The van der Waals surface area contributed by atoms with E-state index >= 15 is 0 Å². The fourth-order valence-electron chi connectivity index (χ4n) is 1.37. The van der Waals surface area contributed by atoms with Crippen LogP contribution < -0.4 is 4.72 Å². The van der Waals surface area contributed by atoms with Gasteiger partial charge in [-0.15, -0.1) is 11.3 Å². The zero-order valence-corrected chi connectivity index (χ0v) is 11.5. The predicted molar refractivity (Wildman–Crippen MR) is 66.1 cm³/mol. The number of nitrogens with one attached hydrogen (secondary N) is 1. The van der Waals surface area contributed by atoms with E-state index in [1.54, 1.807) is 6.07 Å². The minimum Gasteiger partial charge on any atom is -0.273 e. The molecule has 21 heavy (non-hydrogen) atoms. The Morgan fingerprint density at radius 2 is 1.67 bits per heavy atom. The molecule has 0 saturated heterocycles. The van der Waals surface area contributed by atoms with E-state index in [1.165, 1.54) is 10.8 Å². The Hall–Kier alpha value is -2.12. The molecule has 0 spiro atoms. The molecule has 1 N–H and O–H groups in total. The summed E-state index contributed by atoms with van der Waals surface area (Å²) >= 11 is 0.535. The molecule has 4 nitrogen and oxygen atoms in total. The molecule has 10 heteroatoms. The van der Waals surface area contributed by atoms with E-state index in [1.807, 2.05) is 0 Å². The van der Waals surface area contributed by atoms with Gasteiger partial charge in [-0.2, -0.15) is 5.26 Å². The first kappa shape index (κ1) is 15.3. The van der Waals surface area contributed by atoms with Crippen LogP contribution in [0.2, 0.25) is 0 Å². The number of nitriles is 1. The maximum absolute atomic E-state index is 13.4. The summed E-state index contributed by atoms with van der Waals surface area (Å²) in [5.41, 5.74) is -1.46. The van der Waals surface area contributed by atoms with Crippen LogP contribution in [-0.2, 0) is 10.0 Å². The van der Waals surface area contributed by atoms with Gasteiger partial charge in [0.05, 0.1) is 0 Å². The summed E-state index contributed by atoms with van der Waals surface area (Å²) in [6.45, 7) is 0. The molecule has 0 saturated carbocycles. The predicted octanol–water partition coefficient (Wildman–Crippen LogP) is 2.98. The Kier molecular flexibility index (Phi) is 3.89. The van der Waals surface area contributed by atoms with Crippen LogP contribution in [0.3, 0.4) is 0 Å². The standard InChI is InChI=1S/C11H4F4N2O2S2/c12-6-3-7(13)10(15)11(9(6)14)17-21(18,19)8-2-1-5(4-16)20-8/h1-3,17H. The van der Waals surface area contributed by atoms with E-state index < -0.39 is 43.2 Å². The van der Waals surface area contributed by atoms with Gasteiger partial charge in [0.2, 0.25) is 0 Å². The van der Waals surface area contributed by atoms with Crippen molar-refractivity contribution in [2.45, 2.75) is 4.21 Å². The van der Waals surface area contributed by atoms with Gasteiger partial charge in [0.25, 0.3) is 10.0 Å². The molecule has 1 aromatic carbocycles. The van der Waals surface area contributed by atoms with Gasteiger partial charge in [-0.1, -0.05) is 0 Å². The van der Waals surface area contributed by atoms with Crippen LogP contribution in [0, 0.1) is 34.6 Å². The molecule has 110 valence electrons. The van der Waals surface area contributed by atoms with Gasteiger partial charge in [0, 0.05) is 6.07 Å². The van der Waals surface area contributed by atoms with E-state index in [0.717, 1.165) is 6.07 Å². The van der Waals surface area contributed by atoms with Crippen molar-refractivity contribution in [1.29, 1.82) is 5.26 Å². The first-order valence-corrected chi connectivity index (χ1v) is 7.42. The van der Waals surface area contributed by atoms with E-state index in [0.29, 0.717) is 11.3 Å². The molecule has 0 aliphatic rings. The number of sulfonamides is 1. The first-order valence-electron chi connectivity index (χ1n) is 5.12. The minimum absolute atomic E-state index is 0.0403. The maximum Gasteiger partial charge on any atom is 0.271 e. The summed E-state index contributed by atoms with van der Waals surface area (Å²) in [7, 11) is -4.48. The van der Waals surface area contributed by atoms with Crippen LogP contribution in [0.4, 0.5) is 23.2 Å². The van der Waals surface area contributed by atoms with E-state index in [9.17, 15) is 26.0 Å². The number of rotatable bonds is 3. The number of benzene rings is 1. The quantitative estimate of drug-likeness (QED) is 0.692. The average molecular weight is 336 g/mol. The molecule has 0 aliphatic carbocycles. The zero-order valence-electron chi connectivity index (χ0n) is 9.82. The average Bonchev–Trinajstić information content (AvgIpc) is 2.91. The fraction of sp³-hybridized carbons (Fsp3) is 0. The van der Waals surface area contributed by atoms with Gasteiger partial charge >= 0.3 is 0 Å². The Morgan fingerprint density at radius 1 is 1.10 bits per heavy atom. The maximum atomic E-state index is 13.4. The molecule has 1 aromatic heterocycles. The summed E-state index contributed by atoms with van der Waals surface area (Å²) in [6, 6.07) is 3.85. The monoisotopic (exact) mass is 336 g/mol. The third-order valence-electron chi connectivity index (χ3n) is 2.30. The number of hydrogen-bond donors (Lipinski definition) is 1. The molecule has 0 atom stereocenters. The lowest BCUT2D eigenvalue weighted by molar-refractivity contribution is 0.459. The summed E-state index contributed by atoms with van der Waals surface area (Å²) in [5, 5.41) is 8.59. The lowest BCUT2D eigenvalue weighted by Crippen LogP contribution is -2.15. The highest BCUT2D eigenvalue weighted by atomic mass is 32.2. The second-order valence-electron chi connectivity index (χ2n) is 3.68. The van der Waals surface area contributed by atoms with Crippen LogP contribution in [0.1, 0.15) is 4.88 Å². The van der Waals surface area contributed by atoms with Gasteiger partial charge in [0.15, 0.2) is 23.3 Å². The molecule has 0 aliphatic heterocycles. The zero-order chi connectivity index (χ0) is 15.8.